The molecule has 1 aromatic carbocycles. The Morgan fingerprint density at radius 3 is 2.82 bits per heavy atom. The van der Waals surface area contributed by atoms with Gasteiger partial charge in [0.05, 0.1) is 0 Å². The summed E-state index contributed by atoms with van der Waals surface area (Å²) in [6.45, 7) is 3.93. The van der Waals surface area contributed by atoms with Crippen LogP contribution in [0.2, 0.25) is 0 Å². The first kappa shape index (κ1) is 12.6. The van der Waals surface area contributed by atoms with E-state index in [1.165, 1.54) is 9.90 Å². The van der Waals surface area contributed by atoms with Crippen molar-refractivity contribution in [2.45, 2.75) is 18.4 Å². The van der Waals surface area contributed by atoms with Crippen molar-refractivity contribution in [1.29, 1.82) is 0 Å². The maximum Gasteiger partial charge on any atom is 0.107 e. The fourth-order valence-electron chi connectivity index (χ4n) is 1.44. The molecule has 1 aromatic heterocycles. The Hall–Kier alpha value is -0.840. The lowest BCUT2D eigenvalue weighted by Crippen LogP contribution is -2.16. The van der Waals surface area contributed by atoms with E-state index in [4.69, 9.17) is 0 Å². The first-order chi connectivity index (χ1) is 8.34. The first-order valence-electron chi connectivity index (χ1n) is 5.64. The van der Waals surface area contributed by atoms with E-state index in [1.54, 1.807) is 11.3 Å². The Kier molecular flexibility index (Phi) is 5.04. The predicted molar refractivity (Wildman–Crippen MR) is 75.7 cm³/mol. The van der Waals surface area contributed by atoms with Gasteiger partial charge < -0.3 is 5.32 Å². The molecule has 0 radical (unpaired) electrons. The minimum Gasteiger partial charge on any atom is -0.310 e. The van der Waals surface area contributed by atoms with Crippen molar-refractivity contribution < 1.29 is 0 Å². The maximum absolute atomic E-state index is 4.42. The number of thioether (sulfide) groups is 1. The van der Waals surface area contributed by atoms with Gasteiger partial charge in [0.1, 0.15) is 5.01 Å². The highest BCUT2D eigenvalue weighted by atomic mass is 32.2. The third kappa shape index (κ3) is 4.50. The van der Waals surface area contributed by atoms with Crippen LogP contribution in [0.4, 0.5) is 0 Å². The summed E-state index contributed by atoms with van der Waals surface area (Å²) in [4.78, 5) is 5.75. The lowest BCUT2D eigenvalue weighted by atomic mass is 10.4. The van der Waals surface area contributed by atoms with E-state index >= 15 is 0 Å². The molecule has 0 saturated carbocycles. The minimum atomic E-state index is 0.883. The molecule has 0 fully saturated rings. The number of benzene rings is 1. The highest BCUT2D eigenvalue weighted by molar-refractivity contribution is 7.99. The molecule has 4 heteroatoms. The average Bonchev–Trinajstić information content (AvgIpc) is 2.76. The number of nitrogens with zero attached hydrogens (tertiary/aromatic N) is 1. The van der Waals surface area contributed by atoms with E-state index in [2.05, 4.69) is 39.9 Å². The minimum absolute atomic E-state index is 0.883. The molecule has 0 saturated heterocycles. The third-order valence-electron chi connectivity index (χ3n) is 2.23. The van der Waals surface area contributed by atoms with Gasteiger partial charge in [-0.1, -0.05) is 18.2 Å². The molecular formula is C13H16N2S2. The van der Waals surface area contributed by atoms with Crippen LogP contribution in [0.15, 0.2) is 40.6 Å². The number of aryl methyl sites for hydroxylation is 1. The van der Waals surface area contributed by atoms with Crippen LogP contribution in [-0.4, -0.2) is 17.3 Å². The van der Waals surface area contributed by atoms with Crippen LogP contribution >= 0.6 is 23.1 Å². The van der Waals surface area contributed by atoms with Gasteiger partial charge in [0.2, 0.25) is 0 Å². The van der Waals surface area contributed by atoms with Gasteiger partial charge in [0.15, 0.2) is 0 Å². The molecule has 0 amide bonds. The number of nitrogens with one attached hydrogen (secondary N) is 1. The highest BCUT2D eigenvalue weighted by Gasteiger charge is 1.97. The molecule has 0 aliphatic heterocycles. The van der Waals surface area contributed by atoms with E-state index in [1.807, 2.05) is 24.8 Å². The van der Waals surface area contributed by atoms with Crippen molar-refractivity contribution in [3.63, 3.8) is 0 Å². The molecule has 1 N–H and O–H groups in total. The predicted octanol–water partition coefficient (Wildman–Crippen LogP) is 3.33. The Bertz CT molecular complexity index is 440. The smallest absolute Gasteiger partial charge is 0.107 e. The van der Waals surface area contributed by atoms with Gasteiger partial charge >= 0.3 is 0 Å². The van der Waals surface area contributed by atoms with Crippen LogP contribution < -0.4 is 5.32 Å². The van der Waals surface area contributed by atoms with Crippen LogP contribution in [0, 0.1) is 6.92 Å². The van der Waals surface area contributed by atoms with Crippen molar-refractivity contribution in [2.24, 2.45) is 0 Å². The van der Waals surface area contributed by atoms with Crippen LogP contribution in [0.5, 0.6) is 0 Å². The second-order valence-electron chi connectivity index (χ2n) is 3.72. The van der Waals surface area contributed by atoms with Gasteiger partial charge in [-0.05, 0) is 19.1 Å². The molecule has 1 heterocycles. The van der Waals surface area contributed by atoms with E-state index in [-0.39, 0.29) is 0 Å². The van der Waals surface area contributed by atoms with E-state index in [0.29, 0.717) is 0 Å². The van der Waals surface area contributed by atoms with Crippen LogP contribution in [-0.2, 0) is 6.54 Å². The van der Waals surface area contributed by atoms with E-state index in [9.17, 15) is 0 Å². The SMILES string of the molecule is Cc1csc(CNCCSc2ccccc2)n1. The summed E-state index contributed by atoms with van der Waals surface area (Å²) in [7, 11) is 0. The Morgan fingerprint density at radius 1 is 1.29 bits per heavy atom. The number of hydrogen-bond acceptors (Lipinski definition) is 4. The van der Waals surface area contributed by atoms with Gasteiger partial charge in [0, 0.05) is 34.8 Å². The van der Waals surface area contributed by atoms with Crippen molar-refractivity contribution in [2.75, 3.05) is 12.3 Å². The Labute approximate surface area is 110 Å². The number of rotatable bonds is 6. The lowest BCUT2D eigenvalue weighted by Gasteiger charge is -2.02. The number of aromatic nitrogens is 1. The molecule has 0 unspecified atom stereocenters. The van der Waals surface area contributed by atoms with Gasteiger partial charge in [-0.2, -0.15) is 0 Å². The fraction of sp³-hybridized carbons (Fsp3) is 0.308. The normalized spacial score (nSPS) is 10.6. The standard InChI is InChI=1S/C13H16N2S2/c1-11-10-17-13(15-11)9-14-7-8-16-12-5-3-2-4-6-12/h2-6,10,14H,7-9H2,1H3. The molecule has 2 aromatic rings. The molecule has 0 bridgehead atoms. The first-order valence-corrected chi connectivity index (χ1v) is 7.51. The highest BCUT2D eigenvalue weighted by Crippen LogP contribution is 2.15. The molecule has 0 aliphatic carbocycles. The quantitative estimate of drug-likeness (QED) is 0.640. The van der Waals surface area contributed by atoms with Crippen molar-refractivity contribution in [1.82, 2.24) is 10.3 Å². The summed E-state index contributed by atoms with van der Waals surface area (Å²) in [5.41, 5.74) is 1.12. The molecule has 2 rings (SSSR count). The lowest BCUT2D eigenvalue weighted by molar-refractivity contribution is 0.726. The third-order valence-corrected chi connectivity index (χ3v) is 4.21. The average molecular weight is 264 g/mol. The fourth-order valence-corrected chi connectivity index (χ4v) is 3.01. The molecule has 17 heavy (non-hydrogen) atoms. The summed E-state index contributed by atoms with van der Waals surface area (Å²) in [5.74, 6) is 1.09. The van der Waals surface area contributed by atoms with E-state index in [0.717, 1.165) is 24.5 Å². The van der Waals surface area contributed by atoms with Gasteiger partial charge in [-0.15, -0.1) is 23.1 Å². The van der Waals surface area contributed by atoms with Gasteiger partial charge in [-0.25, -0.2) is 4.98 Å². The van der Waals surface area contributed by atoms with Crippen LogP contribution in [0.3, 0.4) is 0 Å². The second-order valence-corrected chi connectivity index (χ2v) is 5.83. The Balaban J connectivity index is 1.61. The molecule has 0 spiro atoms. The summed E-state index contributed by atoms with van der Waals surface area (Å²) >= 11 is 3.60. The zero-order valence-electron chi connectivity index (χ0n) is 9.85. The Morgan fingerprint density at radius 2 is 2.12 bits per heavy atom. The molecule has 0 atom stereocenters. The van der Waals surface area contributed by atoms with Gasteiger partial charge in [0.25, 0.3) is 0 Å². The number of hydrogen-bond donors (Lipinski definition) is 1. The largest absolute Gasteiger partial charge is 0.310 e. The van der Waals surface area contributed by atoms with Gasteiger partial charge in [-0.3, -0.25) is 0 Å². The summed E-state index contributed by atoms with van der Waals surface area (Å²) < 4.78 is 0. The van der Waals surface area contributed by atoms with Crippen LogP contribution in [0.1, 0.15) is 10.7 Å². The van der Waals surface area contributed by atoms with Crippen molar-refractivity contribution in [3.8, 4) is 0 Å². The summed E-state index contributed by atoms with van der Waals surface area (Å²) in [5, 5.41) is 6.68. The summed E-state index contributed by atoms with van der Waals surface area (Å²) in [6, 6.07) is 10.5. The van der Waals surface area contributed by atoms with Crippen LogP contribution in [0.25, 0.3) is 0 Å². The molecule has 0 aliphatic rings. The van der Waals surface area contributed by atoms with E-state index < -0.39 is 0 Å². The molecular weight excluding hydrogens is 248 g/mol. The molecule has 90 valence electrons. The monoisotopic (exact) mass is 264 g/mol. The molecule has 2 nitrogen and oxygen atoms in total. The van der Waals surface area contributed by atoms with Crippen molar-refractivity contribution in [3.05, 3.63) is 46.4 Å². The van der Waals surface area contributed by atoms with Crippen molar-refractivity contribution >= 4 is 23.1 Å². The zero-order valence-corrected chi connectivity index (χ0v) is 11.5. The maximum atomic E-state index is 4.42. The topological polar surface area (TPSA) is 24.9 Å². The summed E-state index contributed by atoms with van der Waals surface area (Å²) in [6.07, 6.45) is 0. The zero-order chi connectivity index (χ0) is 11.9. The number of thiazole rings is 1. The second kappa shape index (κ2) is 6.79.